The molecule has 2 N–H and O–H groups in total. The first-order chi connectivity index (χ1) is 11.5. The first-order valence-electron chi connectivity index (χ1n) is 8.66. The Labute approximate surface area is 149 Å². The largest absolute Gasteiger partial charge is 0.467 e. The SMILES string of the molecule is COC(=O)[C@@H](NC(=O)NC1CCN(C(=O)OC(C)(C)C)CC1)C(C)C. The van der Waals surface area contributed by atoms with Crippen molar-refractivity contribution in [2.75, 3.05) is 20.2 Å². The molecule has 0 radical (unpaired) electrons. The predicted octanol–water partition coefficient (Wildman–Crippen LogP) is 1.88. The quantitative estimate of drug-likeness (QED) is 0.749. The topological polar surface area (TPSA) is 97.0 Å². The molecule has 0 bridgehead atoms. The second-order valence-electron chi connectivity index (χ2n) is 7.60. The van der Waals surface area contributed by atoms with Crippen LogP contribution in [-0.2, 0) is 14.3 Å². The summed E-state index contributed by atoms with van der Waals surface area (Å²) >= 11 is 0. The molecule has 1 aliphatic heterocycles. The lowest BCUT2D eigenvalue weighted by molar-refractivity contribution is -0.144. The van der Waals surface area contributed by atoms with Crippen LogP contribution in [0.1, 0.15) is 47.5 Å². The molecular formula is C17H31N3O5. The fourth-order valence-electron chi connectivity index (χ4n) is 2.53. The van der Waals surface area contributed by atoms with E-state index in [4.69, 9.17) is 9.47 Å². The molecule has 8 nitrogen and oxygen atoms in total. The summed E-state index contributed by atoms with van der Waals surface area (Å²) in [5.74, 6) is -0.544. The maximum absolute atomic E-state index is 12.1. The van der Waals surface area contributed by atoms with Crippen molar-refractivity contribution in [1.82, 2.24) is 15.5 Å². The second-order valence-corrected chi connectivity index (χ2v) is 7.60. The highest BCUT2D eigenvalue weighted by molar-refractivity contribution is 5.83. The number of methoxy groups -OCH3 is 1. The molecule has 0 spiro atoms. The Morgan fingerprint density at radius 2 is 1.68 bits per heavy atom. The van der Waals surface area contributed by atoms with Crippen molar-refractivity contribution in [2.45, 2.75) is 65.1 Å². The molecule has 0 aromatic carbocycles. The fourth-order valence-corrected chi connectivity index (χ4v) is 2.53. The van der Waals surface area contributed by atoms with Crippen LogP contribution in [0, 0.1) is 5.92 Å². The van der Waals surface area contributed by atoms with Crippen LogP contribution in [0.15, 0.2) is 0 Å². The van der Waals surface area contributed by atoms with Crippen LogP contribution in [0.5, 0.6) is 0 Å². The normalized spacial score (nSPS) is 17.0. The summed E-state index contributed by atoms with van der Waals surface area (Å²) in [4.78, 5) is 37.5. The van der Waals surface area contributed by atoms with Crippen molar-refractivity contribution in [3.63, 3.8) is 0 Å². The highest BCUT2D eigenvalue weighted by Gasteiger charge is 2.29. The Bertz CT molecular complexity index is 479. The van der Waals surface area contributed by atoms with E-state index in [1.165, 1.54) is 7.11 Å². The van der Waals surface area contributed by atoms with Gasteiger partial charge in [0.1, 0.15) is 11.6 Å². The van der Waals surface area contributed by atoms with Crippen molar-refractivity contribution in [2.24, 2.45) is 5.92 Å². The third-order valence-corrected chi connectivity index (χ3v) is 3.89. The van der Waals surface area contributed by atoms with Crippen LogP contribution in [-0.4, -0.2) is 60.9 Å². The van der Waals surface area contributed by atoms with Gasteiger partial charge in [0.05, 0.1) is 7.11 Å². The van der Waals surface area contributed by atoms with E-state index in [9.17, 15) is 14.4 Å². The zero-order chi connectivity index (χ0) is 19.2. The summed E-state index contributed by atoms with van der Waals surface area (Å²) in [6, 6.07) is -1.14. The van der Waals surface area contributed by atoms with Gasteiger partial charge in [0, 0.05) is 19.1 Å². The lowest BCUT2D eigenvalue weighted by Gasteiger charge is -2.34. The van der Waals surface area contributed by atoms with Crippen LogP contribution in [0.3, 0.4) is 0 Å². The summed E-state index contributed by atoms with van der Waals surface area (Å²) in [6.07, 6.45) is 0.940. The van der Waals surface area contributed by atoms with E-state index in [2.05, 4.69) is 10.6 Å². The van der Waals surface area contributed by atoms with Gasteiger partial charge in [-0.05, 0) is 39.5 Å². The second kappa shape index (κ2) is 8.92. The maximum Gasteiger partial charge on any atom is 0.410 e. The number of likely N-dealkylation sites (tertiary alicyclic amines) is 1. The van der Waals surface area contributed by atoms with E-state index in [-0.39, 0.29) is 18.1 Å². The van der Waals surface area contributed by atoms with Crippen LogP contribution in [0.2, 0.25) is 0 Å². The smallest absolute Gasteiger partial charge is 0.410 e. The Kier molecular flexibility index (Phi) is 7.51. The van der Waals surface area contributed by atoms with Crippen LogP contribution in [0.4, 0.5) is 9.59 Å². The number of amides is 3. The van der Waals surface area contributed by atoms with Crippen LogP contribution >= 0.6 is 0 Å². The number of hydrogen-bond acceptors (Lipinski definition) is 5. The first-order valence-corrected chi connectivity index (χ1v) is 8.66. The Morgan fingerprint density at radius 3 is 2.12 bits per heavy atom. The minimum absolute atomic E-state index is 0.0517. The van der Waals surface area contributed by atoms with E-state index >= 15 is 0 Å². The van der Waals surface area contributed by atoms with E-state index < -0.39 is 23.6 Å². The van der Waals surface area contributed by atoms with Gasteiger partial charge in [-0.1, -0.05) is 13.8 Å². The molecule has 1 saturated heterocycles. The molecule has 0 aromatic heterocycles. The number of carbonyl (C=O) groups is 3. The fraction of sp³-hybridized carbons (Fsp3) is 0.824. The maximum atomic E-state index is 12.1. The summed E-state index contributed by atoms with van der Waals surface area (Å²) in [5, 5.41) is 5.50. The van der Waals surface area contributed by atoms with Gasteiger partial charge in [0.2, 0.25) is 0 Å². The highest BCUT2D eigenvalue weighted by Crippen LogP contribution is 2.15. The first kappa shape index (κ1) is 21.1. The molecule has 0 saturated carbocycles. The molecule has 0 aromatic rings. The van der Waals surface area contributed by atoms with E-state index in [0.29, 0.717) is 25.9 Å². The molecule has 1 aliphatic rings. The minimum Gasteiger partial charge on any atom is -0.467 e. The molecule has 0 unspecified atom stereocenters. The van der Waals surface area contributed by atoms with E-state index in [0.717, 1.165) is 0 Å². The number of nitrogens with one attached hydrogen (secondary N) is 2. The van der Waals surface area contributed by atoms with Crippen molar-refractivity contribution in [3.05, 3.63) is 0 Å². The number of esters is 1. The van der Waals surface area contributed by atoms with Gasteiger partial charge in [0.25, 0.3) is 0 Å². The van der Waals surface area contributed by atoms with Crippen molar-refractivity contribution < 1.29 is 23.9 Å². The lowest BCUT2D eigenvalue weighted by atomic mass is 10.0. The van der Waals surface area contributed by atoms with Gasteiger partial charge < -0.3 is 25.0 Å². The van der Waals surface area contributed by atoms with Gasteiger partial charge in [-0.3, -0.25) is 0 Å². The van der Waals surface area contributed by atoms with Crippen LogP contribution < -0.4 is 10.6 Å². The van der Waals surface area contributed by atoms with Crippen molar-refractivity contribution >= 4 is 18.1 Å². The molecule has 3 amide bonds. The Morgan fingerprint density at radius 1 is 1.12 bits per heavy atom. The lowest BCUT2D eigenvalue weighted by Crippen LogP contribution is -2.54. The molecule has 1 heterocycles. The number of rotatable bonds is 4. The summed E-state index contributed by atoms with van der Waals surface area (Å²) < 4.78 is 10.1. The van der Waals surface area contributed by atoms with Gasteiger partial charge in [-0.15, -0.1) is 0 Å². The van der Waals surface area contributed by atoms with Gasteiger partial charge in [-0.2, -0.15) is 0 Å². The molecule has 25 heavy (non-hydrogen) atoms. The van der Waals surface area contributed by atoms with Crippen molar-refractivity contribution in [1.29, 1.82) is 0 Å². The zero-order valence-electron chi connectivity index (χ0n) is 16.0. The third-order valence-electron chi connectivity index (χ3n) is 3.89. The van der Waals surface area contributed by atoms with Crippen molar-refractivity contribution in [3.8, 4) is 0 Å². The summed E-state index contributed by atoms with van der Waals surface area (Å²) in [7, 11) is 1.30. The highest BCUT2D eigenvalue weighted by atomic mass is 16.6. The number of carbonyl (C=O) groups excluding carboxylic acids is 3. The number of urea groups is 1. The van der Waals surface area contributed by atoms with E-state index in [1.54, 1.807) is 4.90 Å². The average molecular weight is 357 g/mol. The summed E-state index contributed by atoms with van der Waals surface area (Å²) in [6.45, 7) is 10.2. The monoisotopic (exact) mass is 357 g/mol. The molecule has 144 valence electrons. The Balaban J connectivity index is 2.44. The average Bonchev–Trinajstić information content (AvgIpc) is 2.50. The minimum atomic E-state index is -0.688. The predicted molar refractivity (Wildman–Crippen MR) is 93.1 cm³/mol. The third kappa shape index (κ3) is 7.19. The van der Waals surface area contributed by atoms with Gasteiger partial charge in [-0.25, -0.2) is 14.4 Å². The standard InChI is InChI=1S/C17H31N3O5/c1-11(2)13(14(21)24-6)19-15(22)18-12-7-9-20(10-8-12)16(23)25-17(3,4)5/h11-13H,7-10H2,1-6H3,(H2,18,19,22)/t13-/m0/s1. The molecule has 1 atom stereocenters. The van der Waals surface area contributed by atoms with Gasteiger partial charge >= 0.3 is 18.1 Å². The van der Waals surface area contributed by atoms with E-state index in [1.807, 2.05) is 34.6 Å². The molecule has 1 rings (SSSR count). The number of ether oxygens (including phenoxy) is 2. The number of piperidine rings is 1. The van der Waals surface area contributed by atoms with Crippen LogP contribution in [0.25, 0.3) is 0 Å². The molecule has 0 aliphatic carbocycles. The Hall–Kier alpha value is -1.99. The molecule has 1 fully saturated rings. The van der Waals surface area contributed by atoms with Gasteiger partial charge in [0.15, 0.2) is 0 Å². The molecular weight excluding hydrogens is 326 g/mol. The summed E-state index contributed by atoms with van der Waals surface area (Å²) in [5.41, 5.74) is -0.522. The number of hydrogen-bond donors (Lipinski definition) is 2. The molecule has 8 heteroatoms. The zero-order valence-corrected chi connectivity index (χ0v) is 16.0. The number of nitrogens with zero attached hydrogens (tertiary/aromatic N) is 1.